The second-order valence-corrected chi connectivity index (χ2v) is 6.56. The van der Waals surface area contributed by atoms with Gasteiger partial charge in [0.2, 0.25) is 0 Å². The minimum atomic E-state index is -0.673. The Labute approximate surface area is 173 Å². The summed E-state index contributed by atoms with van der Waals surface area (Å²) in [6.07, 6.45) is -0.176. The zero-order valence-electron chi connectivity index (χ0n) is 16.1. The minimum absolute atomic E-state index is 0.00711. The van der Waals surface area contributed by atoms with Crippen molar-refractivity contribution < 1.29 is 23.5 Å². The van der Waals surface area contributed by atoms with Crippen molar-refractivity contribution in [2.75, 3.05) is 11.9 Å². The maximum absolute atomic E-state index is 13.5. The molecule has 3 rings (SSSR count). The Balaban J connectivity index is 1.43. The fraction of sp³-hybridized carbons (Fsp3) is 0.125. The van der Waals surface area contributed by atoms with E-state index in [-0.39, 0.29) is 24.3 Å². The van der Waals surface area contributed by atoms with E-state index in [4.69, 9.17) is 4.74 Å². The van der Waals surface area contributed by atoms with E-state index in [0.717, 1.165) is 11.1 Å². The summed E-state index contributed by atoms with van der Waals surface area (Å²) < 4.78 is 18.3. The van der Waals surface area contributed by atoms with Crippen LogP contribution in [-0.4, -0.2) is 24.3 Å². The number of rotatable bonds is 8. The zero-order chi connectivity index (χ0) is 21.3. The number of anilines is 1. The number of para-hydroxylation sites is 1. The summed E-state index contributed by atoms with van der Waals surface area (Å²) in [5.41, 5.74) is 2.55. The predicted octanol–water partition coefficient (Wildman–Crippen LogP) is 4.64. The standard InChI is InChI=1S/C24H20FNO4/c25-20-8-4-5-9-21(20)26-23(28)16-30-24(29)15-14-22(27)19-12-10-18(11-13-19)17-6-2-1-3-7-17/h1-13H,14-16H2,(H,26,28). The van der Waals surface area contributed by atoms with Crippen LogP contribution in [-0.2, 0) is 14.3 Å². The van der Waals surface area contributed by atoms with Gasteiger partial charge in [0.1, 0.15) is 5.82 Å². The highest BCUT2D eigenvalue weighted by Crippen LogP contribution is 2.20. The van der Waals surface area contributed by atoms with E-state index in [1.54, 1.807) is 18.2 Å². The van der Waals surface area contributed by atoms with Gasteiger partial charge in [-0.1, -0.05) is 66.7 Å². The summed E-state index contributed by atoms with van der Waals surface area (Å²) >= 11 is 0. The van der Waals surface area contributed by atoms with Gasteiger partial charge in [-0.2, -0.15) is 0 Å². The number of ketones is 1. The number of esters is 1. The lowest BCUT2D eigenvalue weighted by Crippen LogP contribution is -2.21. The van der Waals surface area contributed by atoms with Crippen molar-refractivity contribution in [3.05, 3.63) is 90.2 Å². The quantitative estimate of drug-likeness (QED) is 0.438. The van der Waals surface area contributed by atoms with Crippen LogP contribution in [0.2, 0.25) is 0 Å². The summed E-state index contributed by atoms with van der Waals surface area (Å²) in [5.74, 6) is -2.10. The minimum Gasteiger partial charge on any atom is -0.456 e. The van der Waals surface area contributed by atoms with Gasteiger partial charge in [-0.3, -0.25) is 14.4 Å². The lowest BCUT2D eigenvalue weighted by atomic mass is 10.0. The van der Waals surface area contributed by atoms with Crippen LogP contribution in [0.4, 0.5) is 10.1 Å². The number of Topliss-reactive ketones (excluding diaryl/α,β-unsaturated/α-hetero) is 1. The van der Waals surface area contributed by atoms with Crippen molar-refractivity contribution in [1.29, 1.82) is 0 Å². The molecule has 152 valence electrons. The molecule has 0 atom stereocenters. The molecule has 0 unspecified atom stereocenters. The number of halogens is 1. The number of hydrogen-bond donors (Lipinski definition) is 1. The summed E-state index contributed by atoms with van der Waals surface area (Å²) in [6.45, 7) is -0.548. The van der Waals surface area contributed by atoms with Crippen LogP contribution >= 0.6 is 0 Å². The van der Waals surface area contributed by atoms with Gasteiger partial charge in [0.15, 0.2) is 12.4 Å². The fourth-order valence-corrected chi connectivity index (χ4v) is 2.81. The van der Waals surface area contributed by atoms with Crippen LogP contribution in [0.1, 0.15) is 23.2 Å². The lowest BCUT2D eigenvalue weighted by Gasteiger charge is -2.07. The number of nitrogens with one attached hydrogen (secondary N) is 1. The van der Waals surface area contributed by atoms with Crippen LogP contribution in [0.5, 0.6) is 0 Å². The van der Waals surface area contributed by atoms with Gasteiger partial charge in [0.25, 0.3) is 5.91 Å². The molecule has 30 heavy (non-hydrogen) atoms. The monoisotopic (exact) mass is 405 g/mol. The van der Waals surface area contributed by atoms with E-state index in [1.807, 2.05) is 42.5 Å². The fourth-order valence-electron chi connectivity index (χ4n) is 2.81. The molecule has 6 heteroatoms. The molecule has 0 heterocycles. The Morgan fingerprint density at radius 3 is 2.10 bits per heavy atom. The molecule has 0 saturated carbocycles. The van der Waals surface area contributed by atoms with Crippen molar-refractivity contribution in [3.8, 4) is 11.1 Å². The first kappa shape index (κ1) is 20.9. The van der Waals surface area contributed by atoms with Crippen LogP contribution in [0, 0.1) is 5.82 Å². The van der Waals surface area contributed by atoms with Gasteiger partial charge in [-0.15, -0.1) is 0 Å². The molecule has 3 aromatic carbocycles. The molecule has 5 nitrogen and oxygen atoms in total. The second-order valence-electron chi connectivity index (χ2n) is 6.56. The van der Waals surface area contributed by atoms with E-state index < -0.39 is 24.3 Å². The first-order valence-corrected chi connectivity index (χ1v) is 9.41. The van der Waals surface area contributed by atoms with Crippen molar-refractivity contribution >= 4 is 23.3 Å². The largest absolute Gasteiger partial charge is 0.456 e. The zero-order valence-corrected chi connectivity index (χ0v) is 16.1. The Morgan fingerprint density at radius 2 is 1.40 bits per heavy atom. The number of carbonyl (C=O) groups excluding carboxylic acids is 3. The first-order valence-electron chi connectivity index (χ1n) is 9.41. The highest BCUT2D eigenvalue weighted by Gasteiger charge is 2.13. The van der Waals surface area contributed by atoms with Crippen molar-refractivity contribution in [2.24, 2.45) is 0 Å². The summed E-state index contributed by atoms with van der Waals surface area (Å²) in [5, 5.41) is 2.32. The van der Waals surface area contributed by atoms with Crippen molar-refractivity contribution in [2.45, 2.75) is 12.8 Å². The third-order valence-corrected chi connectivity index (χ3v) is 4.38. The molecule has 1 N–H and O–H groups in total. The molecule has 0 aliphatic rings. The number of carbonyl (C=O) groups is 3. The SMILES string of the molecule is O=C(COC(=O)CCC(=O)c1ccc(-c2ccccc2)cc1)Nc1ccccc1F. The van der Waals surface area contributed by atoms with Gasteiger partial charge in [-0.05, 0) is 23.3 Å². The van der Waals surface area contributed by atoms with E-state index in [1.165, 1.54) is 18.2 Å². The Kier molecular flexibility index (Phi) is 7.05. The lowest BCUT2D eigenvalue weighted by molar-refractivity contribution is -0.147. The van der Waals surface area contributed by atoms with E-state index in [9.17, 15) is 18.8 Å². The second kappa shape index (κ2) is 10.1. The third kappa shape index (κ3) is 5.85. The van der Waals surface area contributed by atoms with E-state index in [0.29, 0.717) is 5.56 Å². The van der Waals surface area contributed by atoms with Gasteiger partial charge in [-0.25, -0.2) is 4.39 Å². The Bertz CT molecular complexity index is 1030. The Morgan fingerprint density at radius 1 is 0.767 bits per heavy atom. The topological polar surface area (TPSA) is 72.5 Å². The summed E-state index contributed by atoms with van der Waals surface area (Å²) in [4.78, 5) is 35.9. The number of ether oxygens (including phenoxy) is 1. The molecule has 0 aromatic heterocycles. The van der Waals surface area contributed by atoms with Gasteiger partial charge < -0.3 is 10.1 Å². The highest BCUT2D eigenvalue weighted by molar-refractivity contribution is 5.98. The highest BCUT2D eigenvalue weighted by atomic mass is 19.1. The van der Waals surface area contributed by atoms with Crippen LogP contribution in [0.15, 0.2) is 78.9 Å². The molecular formula is C24H20FNO4. The number of amides is 1. The normalized spacial score (nSPS) is 10.3. The average molecular weight is 405 g/mol. The third-order valence-electron chi connectivity index (χ3n) is 4.38. The predicted molar refractivity (Wildman–Crippen MR) is 111 cm³/mol. The van der Waals surface area contributed by atoms with Crippen LogP contribution in [0.3, 0.4) is 0 Å². The molecule has 0 aliphatic carbocycles. The molecule has 0 fully saturated rings. The van der Waals surface area contributed by atoms with Crippen LogP contribution < -0.4 is 5.32 Å². The first-order chi connectivity index (χ1) is 14.5. The molecule has 3 aromatic rings. The Hall–Kier alpha value is -3.80. The molecular weight excluding hydrogens is 385 g/mol. The maximum Gasteiger partial charge on any atom is 0.306 e. The average Bonchev–Trinajstić information content (AvgIpc) is 2.78. The van der Waals surface area contributed by atoms with E-state index >= 15 is 0 Å². The molecule has 0 bridgehead atoms. The van der Waals surface area contributed by atoms with Crippen LogP contribution in [0.25, 0.3) is 11.1 Å². The summed E-state index contributed by atoms with van der Waals surface area (Å²) in [7, 11) is 0. The maximum atomic E-state index is 13.5. The number of benzene rings is 3. The molecule has 0 saturated heterocycles. The van der Waals surface area contributed by atoms with Gasteiger partial charge in [0, 0.05) is 12.0 Å². The molecule has 0 radical (unpaired) electrons. The molecule has 0 spiro atoms. The van der Waals surface area contributed by atoms with E-state index in [2.05, 4.69) is 5.32 Å². The molecule has 1 amide bonds. The number of hydrogen-bond acceptors (Lipinski definition) is 4. The smallest absolute Gasteiger partial charge is 0.306 e. The molecule has 0 aliphatic heterocycles. The van der Waals surface area contributed by atoms with Gasteiger partial charge >= 0.3 is 5.97 Å². The van der Waals surface area contributed by atoms with Gasteiger partial charge in [0.05, 0.1) is 12.1 Å². The summed E-state index contributed by atoms with van der Waals surface area (Å²) in [6, 6.07) is 22.6. The van der Waals surface area contributed by atoms with Crippen molar-refractivity contribution in [1.82, 2.24) is 0 Å². The van der Waals surface area contributed by atoms with Crippen molar-refractivity contribution in [3.63, 3.8) is 0 Å².